The summed E-state index contributed by atoms with van der Waals surface area (Å²) in [5.74, 6) is 2.37. The SMILES string of the molecule is CCOc1ccccc1OCc1ccc(NC)nc1. The monoisotopic (exact) mass is 258 g/mol. The summed E-state index contributed by atoms with van der Waals surface area (Å²) >= 11 is 0. The van der Waals surface area contributed by atoms with E-state index in [2.05, 4.69) is 10.3 Å². The highest BCUT2D eigenvalue weighted by Crippen LogP contribution is 2.27. The smallest absolute Gasteiger partial charge is 0.161 e. The summed E-state index contributed by atoms with van der Waals surface area (Å²) in [7, 11) is 1.84. The lowest BCUT2D eigenvalue weighted by Crippen LogP contribution is -2.00. The van der Waals surface area contributed by atoms with Crippen molar-refractivity contribution in [3.05, 3.63) is 48.2 Å². The van der Waals surface area contributed by atoms with Crippen molar-refractivity contribution in [2.45, 2.75) is 13.5 Å². The quantitative estimate of drug-likeness (QED) is 0.864. The number of anilines is 1. The van der Waals surface area contributed by atoms with Crippen LogP contribution in [-0.4, -0.2) is 18.6 Å². The van der Waals surface area contributed by atoms with Gasteiger partial charge in [0.05, 0.1) is 6.61 Å². The van der Waals surface area contributed by atoms with Gasteiger partial charge >= 0.3 is 0 Å². The Bertz CT molecular complexity index is 512. The lowest BCUT2D eigenvalue weighted by molar-refractivity contribution is 0.269. The number of hydrogen-bond donors (Lipinski definition) is 1. The van der Waals surface area contributed by atoms with Crippen LogP contribution in [0.3, 0.4) is 0 Å². The van der Waals surface area contributed by atoms with E-state index in [9.17, 15) is 0 Å². The molecular formula is C15H18N2O2. The van der Waals surface area contributed by atoms with Crippen LogP contribution in [0.1, 0.15) is 12.5 Å². The average molecular weight is 258 g/mol. The molecule has 0 spiro atoms. The Labute approximate surface area is 113 Å². The molecule has 0 fully saturated rings. The van der Waals surface area contributed by atoms with Gasteiger partial charge in [0.1, 0.15) is 12.4 Å². The summed E-state index contributed by atoms with van der Waals surface area (Å²) in [5, 5.41) is 2.98. The zero-order chi connectivity index (χ0) is 13.5. The normalized spacial score (nSPS) is 10.0. The summed E-state index contributed by atoms with van der Waals surface area (Å²) in [6.45, 7) is 3.05. The molecule has 0 saturated heterocycles. The van der Waals surface area contributed by atoms with Gasteiger partial charge in [-0.1, -0.05) is 18.2 Å². The predicted octanol–water partition coefficient (Wildman–Crippen LogP) is 3.10. The molecule has 0 atom stereocenters. The molecule has 1 heterocycles. The third-order valence-electron chi connectivity index (χ3n) is 2.62. The zero-order valence-corrected chi connectivity index (χ0v) is 11.2. The highest BCUT2D eigenvalue weighted by atomic mass is 16.5. The summed E-state index contributed by atoms with van der Waals surface area (Å²) < 4.78 is 11.3. The van der Waals surface area contributed by atoms with Crippen LogP contribution < -0.4 is 14.8 Å². The van der Waals surface area contributed by atoms with Gasteiger partial charge in [-0.25, -0.2) is 4.98 Å². The van der Waals surface area contributed by atoms with Gasteiger partial charge in [0.2, 0.25) is 0 Å². The molecule has 1 aromatic heterocycles. The van der Waals surface area contributed by atoms with Crippen LogP contribution in [0.15, 0.2) is 42.6 Å². The number of ether oxygens (including phenoxy) is 2. The molecule has 1 N–H and O–H groups in total. The highest BCUT2D eigenvalue weighted by molar-refractivity contribution is 5.40. The summed E-state index contributed by atoms with van der Waals surface area (Å²) in [4.78, 5) is 4.25. The fourth-order valence-electron chi connectivity index (χ4n) is 1.66. The lowest BCUT2D eigenvalue weighted by atomic mass is 10.3. The minimum absolute atomic E-state index is 0.473. The van der Waals surface area contributed by atoms with Crippen molar-refractivity contribution in [1.29, 1.82) is 0 Å². The number of aromatic nitrogens is 1. The zero-order valence-electron chi connectivity index (χ0n) is 11.2. The van der Waals surface area contributed by atoms with Crippen molar-refractivity contribution >= 4 is 5.82 Å². The van der Waals surface area contributed by atoms with Crippen molar-refractivity contribution in [3.63, 3.8) is 0 Å². The van der Waals surface area contributed by atoms with Crippen LogP contribution in [0.25, 0.3) is 0 Å². The van der Waals surface area contributed by atoms with E-state index >= 15 is 0 Å². The van der Waals surface area contributed by atoms with E-state index in [4.69, 9.17) is 9.47 Å². The summed E-state index contributed by atoms with van der Waals surface area (Å²) in [6.07, 6.45) is 1.80. The second-order valence-corrected chi connectivity index (χ2v) is 3.97. The molecule has 0 aliphatic rings. The second kappa shape index (κ2) is 6.64. The van der Waals surface area contributed by atoms with E-state index in [-0.39, 0.29) is 0 Å². The van der Waals surface area contributed by atoms with E-state index in [0.717, 1.165) is 22.9 Å². The van der Waals surface area contributed by atoms with Gasteiger partial charge in [-0.15, -0.1) is 0 Å². The second-order valence-electron chi connectivity index (χ2n) is 3.97. The molecule has 2 aromatic rings. The fourth-order valence-corrected chi connectivity index (χ4v) is 1.66. The number of pyridine rings is 1. The van der Waals surface area contributed by atoms with Gasteiger partial charge in [-0.2, -0.15) is 0 Å². The van der Waals surface area contributed by atoms with Crippen LogP contribution in [0.2, 0.25) is 0 Å². The number of nitrogens with one attached hydrogen (secondary N) is 1. The molecule has 1 aromatic carbocycles. The van der Waals surface area contributed by atoms with Crippen molar-refractivity contribution in [2.24, 2.45) is 0 Å². The number of para-hydroxylation sites is 2. The fraction of sp³-hybridized carbons (Fsp3) is 0.267. The van der Waals surface area contributed by atoms with Crippen molar-refractivity contribution < 1.29 is 9.47 Å². The number of hydrogen-bond acceptors (Lipinski definition) is 4. The van der Waals surface area contributed by atoms with E-state index in [1.165, 1.54) is 0 Å². The number of benzene rings is 1. The maximum atomic E-state index is 5.76. The first-order valence-electron chi connectivity index (χ1n) is 6.30. The van der Waals surface area contributed by atoms with Gasteiger partial charge < -0.3 is 14.8 Å². The third-order valence-corrected chi connectivity index (χ3v) is 2.62. The Balaban J connectivity index is 2.01. The third kappa shape index (κ3) is 3.61. The van der Waals surface area contributed by atoms with Crippen LogP contribution in [0.4, 0.5) is 5.82 Å². The Morgan fingerprint density at radius 2 is 1.79 bits per heavy atom. The number of nitrogens with zero attached hydrogens (tertiary/aromatic N) is 1. The van der Waals surface area contributed by atoms with Gasteiger partial charge in [-0.3, -0.25) is 0 Å². The molecule has 19 heavy (non-hydrogen) atoms. The van der Waals surface area contributed by atoms with Gasteiger partial charge in [0, 0.05) is 18.8 Å². The molecule has 0 unspecified atom stereocenters. The first-order valence-corrected chi connectivity index (χ1v) is 6.30. The molecule has 2 rings (SSSR count). The molecule has 0 amide bonds. The summed E-state index contributed by atoms with van der Waals surface area (Å²) in [5.41, 5.74) is 1.02. The van der Waals surface area contributed by atoms with E-state index in [1.54, 1.807) is 6.20 Å². The number of rotatable bonds is 6. The van der Waals surface area contributed by atoms with E-state index < -0.39 is 0 Å². The van der Waals surface area contributed by atoms with Crippen molar-refractivity contribution in [3.8, 4) is 11.5 Å². The van der Waals surface area contributed by atoms with Crippen molar-refractivity contribution in [1.82, 2.24) is 4.98 Å². The Morgan fingerprint density at radius 1 is 1.05 bits per heavy atom. The standard InChI is InChI=1S/C15H18N2O2/c1-3-18-13-6-4-5-7-14(13)19-11-12-8-9-15(16-2)17-10-12/h4-10H,3,11H2,1-2H3,(H,16,17). The Hall–Kier alpha value is -2.23. The van der Waals surface area contributed by atoms with E-state index in [0.29, 0.717) is 13.2 Å². The Kier molecular flexibility index (Phi) is 4.61. The molecule has 0 aliphatic carbocycles. The van der Waals surface area contributed by atoms with Crippen LogP contribution in [0, 0.1) is 0 Å². The minimum atomic E-state index is 0.473. The molecule has 0 bridgehead atoms. The molecule has 4 nitrogen and oxygen atoms in total. The first-order chi connectivity index (χ1) is 9.33. The molecule has 4 heteroatoms. The predicted molar refractivity (Wildman–Crippen MR) is 75.7 cm³/mol. The lowest BCUT2D eigenvalue weighted by Gasteiger charge is -2.11. The van der Waals surface area contributed by atoms with Crippen molar-refractivity contribution in [2.75, 3.05) is 19.0 Å². The van der Waals surface area contributed by atoms with Crippen LogP contribution in [-0.2, 0) is 6.61 Å². The van der Waals surface area contributed by atoms with Crippen LogP contribution in [0.5, 0.6) is 11.5 Å². The maximum Gasteiger partial charge on any atom is 0.161 e. The Morgan fingerprint density at radius 3 is 2.37 bits per heavy atom. The molecular weight excluding hydrogens is 240 g/mol. The van der Waals surface area contributed by atoms with Gasteiger partial charge in [-0.05, 0) is 25.1 Å². The molecule has 0 aliphatic heterocycles. The van der Waals surface area contributed by atoms with Crippen LogP contribution >= 0.6 is 0 Å². The molecule has 0 radical (unpaired) electrons. The van der Waals surface area contributed by atoms with Gasteiger partial charge in [0.25, 0.3) is 0 Å². The summed E-state index contributed by atoms with van der Waals surface area (Å²) in [6, 6.07) is 11.6. The average Bonchev–Trinajstić information content (AvgIpc) is 2.47. The largest absolute Gasteiger partial charge is 0.490 e. The van der Waals surface area contributed by atoms with E-state index in [1.807, 2.05) is 50.4 Å². The van der Waals surface area contributed by atoms with Gasteiger partial charge in [0.15, 0.2) is 11.5 Å². The minimum Gasteiger partial charge on any atom is -0.490 e. The maximum absolute atomic E-state index is 5.76. The highest BCUT2D eigenvalue weighted by Gasteiger charge is 2.04. The molecule has 100 valence electrons. The molecule has 0 saturated carbocycles. The first kappa shape index (κ1) is 13.2. The topological polar surface area (TPSA) is 43.4 Å².